The largest absolute Gasteiger partial charge is 0.478 e. The quantitative estimate of drug-likeness (QED) is 0.772. The fourth-order valence-corrected chi connectivity index (χ4v) is 3.11. The summed E-state index contributed by atoms with van der Waals surface area (Å²) in [5, 5.41) is 15.5. The van der Waals surface area contributed by atoms with Crippen LogP contribution in [-0.2, 0) is 4.79 Å². The van der Waals surface area contributed by atoms with Crippen molar-refractivity contribution in [2.24, 2.45) is 0 Å². The number of nitrogens with one attached hydrogen (secondary N) is 2. The van der Waals surface area contributed by atoms with E-state index in [0.29, 0.717) is 16.7 Å². The van der Waals surface area contributed by atoms with Gasteiger partial charge < -0.3 is 15.7 Å². The predicted molar refractivity (Wildman–Crippen MR) is 80.4 cm³/mol. The van der Waals surface area contributed by atoms with E-state index in [0.717, 1.165) is 25.9 Å². The fraction of sp³-hybridized carbons (Fsp3) is 0.429. The van der Waals surface area contributed by atoms with Gasteiger partial charge in [0.25, 0.3) is 0 Å². The Hall–Kier alpha value is -1.53. The van der Waals surface area contributed by atoms with Crippen LogP contribution in [0.25, 0.3) is 0 Å². The van der Waals surface area contributed by atoms with Gasteiger partial charge in [0, 0.05) is 10.9 Å². The molecule has 1 aliphatic rings. The Balaban J connectivity index is 1.81. The molecule has 1 aromatic rings. The second kappa shape index (κ2) is 7.31. The lowest BCUT2D eigenvalue weighted by atomic mass is 10.2. The van der Waals surface area contributed by atoms with Crippen molar-refractivity contribution in [2.45, 2.75) is 18.1 Å². The molecule has 20 heavy (non-hydrogen) atoms. The summed E-state index contributed by atoms with van der Waals surface area (Å²) in [6.45, 7) is 2.03. The SMILES string of the molecule is O=C(CSC1CCNCC1)Nc1cccc(C(=O)O)c1. The summed E-state index contributed by atoms with van der Waals surface area (Å²) in [7, 11) is 0. The molecule has 0 radical (unpaired) electrons. The minimum Gasteiger partial charge on any atom is -0.478 e. The Kier molecular flexibility index (Phi) is 5.43. The van der Waals surface area contributed by atoms with E-state index in [9.17, 15) is 9.59 Å². The van der Waals surface area contributed by atoms with Gasteiger partial charge in [0.05, 0.1) is 11.3 Å². The van der Waals surface area contributed by atoms with Crippen LogP contribution in [0.3, 0.4) is 0 Å². The number of piperidine rings is 1. The number of carboxylic acids is 1. The minimum atomic E-state index is -0.995. The molecule has 1 amide bonds. The van der Waals surface area contributed by atoms with E-state index in [1.54, 1.807) is 23.9 Å². The van der Waals surface area contributed by atoms with Crippen LogP contribution < -0.4 is 10.6 Å². The van der Waals surface area contributed by atoms with Gasteiger partial charge in [-0.15, -0.1) is 11.8 Å². The second-order valence-corrected chi connectivity index (χ2v) is 5.98. The zero-order valence-corrected chi connectivity index (χ0v) is 11.9. The molecule has 0 aromatic heterocycles. The van der Waals surface area contributed by atoms with E-state index in [-0.39, 0.29) is 11.5 Å². The van der Waals surface area contributed by atoms with Gasteiger partial charge in [0.2, 0.25) is 5.91 Å². The number of aromatic carboxylic acids is 1. The number of carbonyl (C=O) groups excluding carboxylic acids is 1. The highest BCUT2D eigenvalue weighted by Gasteiger charge is 2.15. The summed E-state index contributed by atoms with van der Waals surface area (Å²) >= 11 is 1.67. The molecule has 0 atom stereocenters. The van der Waals surface area contributed by atoms with Crippen LogP contribution in [0.4, 0.5) is 5.69 Å². The highest BCUT2D eigenvalue weighted by atomic mass is 32.2. The molecule has 1 fully saturated rings. The molecule has 0 saturated carbocycles. The van der Waals surface area contributed by atoms with Crippen LogP contribution in [-0.4, -0.2) is 41.1 Å². The maximum atomic E-state index is 11.8. The predicted octanol–water partition coefficient (Wildman–Crippen LogP) is 1.81. The number of carboxylic acid groups (broad SMARTS) is 1. The number of anilines is 1. The van der Waals surface area contributed by atoms with Crippen LogP contribution in [0.2, 0.25) is 0 Å². The van der Waals surface area contributed by atoms with Crippen molar-refractivity contribution in [1.82, 2.24) is 5.32 Å². The van der Waals surface area contributed by atoms with Crippen molar-refractivity contribution >= 4 is 29.3 Å². The van der Waals surface area contributed by atoms with E-state index < -0.39 is 5.97 Å². The van der Waals surface area contributed by atoms with Crippen LogP contribution in [0.5, 0.6) is 0 Å². The smallest absolute Gasteiger partial charge is 0.335 e. The van der Waals surface area contributed by atoms with E-state index in [1.807, 2.05) is 0 Å². The first-order valence-electron chi connectivity index (χ1n) is 6.60. The molecule has 108 valence electrons. The Morgan fingerprint density at radius 1 is 1.35 bits per heavy atom. The molecule has 1 saturated heterocycles. The Morgan fingerprint density at radius 2 is 2.10 bits per heavy atom. The number of amides is 1. The topological polar surface area (TPSA) is 78.4 Å². The minimum absolute atomic E-state index is 0.0870. The summed E-state index contributed by atoms with van der Waals surface area (Å²) < 4.78 is 0. The summed E-state index contributed by atoms with van der Waals surface area (Å²) in [6.07, 6.45) is 2.18. The molecule has 1 heterocycles. The van der Waals surface area contributed by atoms with Crippen molar-refractivity contribution < 1.29 is 14.7 Å². The lowest BCUT2D eigenvalue weighted by molar-refractivity contribution is -0.113. The molecule has 0 aliphatic carbocycles. The van der Waals surface area contributed by atoms with Gasteiger partial charge in [-0.1, -0.05) is 6.07 Å². The first-order chi connectivity index (χ1) is 9.65. The molecule has 0 bridgehead atoms. The van der Waals surface area contributed by atoms with Gasteiger partial charge in [-0.3, -0.25) is 4.79 Å². The van der Waals surface area contributed by atoms with E-state index in [2.05, 4.69) is 10.6 Å². The van der Waals surface area contributed by atoms with Crippen molar-refractivity contribution in [3.63, 3.8) is 0 Å². The molecule has 6 heteroatoms. The van der Waals surface area contributed by atoms with Crippen LogP contribution in [0.15, 0.2) is 24.3 Å². The van der Waals surface area contributed by atoms with Crippen LogP contribution in [0, 0.1) is 0 Å². The van der Waals surface area contributed by atoms with Crippen molar-refractivity contribution in [2.75, 3.05) is 24.2 Å². The number of hydrogen-bond donors (Lipinski definition) is 3. The average molecular weight is 294 g/mol. The molecule has 1 aliphatic heterocycles. The number of rotatable bonds is 5. The third-order valence-corrected chi connectivity index (χ3v) is 4.50. The molecule has 1 aromatic carbocycles. The number of carbonyl (C=O) groups is 2. The molecule has 2 rings (SSSR count). The lowest BCUT2D eigenvalue weighted by Crippen LogP contribution is -2.30. The molecular weight excluding hydrogens is 276 g/mol. The van der Waals surface area contributed by atoms with E-state index in [1.165, 1.54) is 12.1 Å². The summed E-state index contributed by atoms with van der Waals surface area (Å²) in [5.41, 5.74) is 0.703. The van der Waals surface area contributed by atoms with Gasteiger partial charge in [-0.05, 0) is 44.1 Å². The molecule has 0 spiro atoms. The normalized spacial score (nSPS) is 15.8. The van der Waals surface area contributed by atoms with E-state index in [4.69, 9.17) is 5.11 Å². The lowest BCUT2D eigenvalue weighted by Gasteiger charge is -2.21. The maximum Gasteiger partial charge on any atom is 0.335 e. The summed E-state index contributed by atoms with van der Waals surface area (Å²) in [5.74, 6) is -0.677. The first-order valence-corrected chi connectivity index (χ1v) is 7.65. The maximum absolute atomic E-state index is 11.8. The summed E-state index contributed by atoms with van der Waals surface area (Å²) in [4.78, 5) is 22.7. The van der Waals surface area contributed by atoms with Crippen molar-refractivity contribution in [3.8, 4) is 0 Å². The zero-order valence-electron chi connectivity index (χ0n) is 11.1. The Labute approximate surface area is 122 Å². The molecule has 0 unspecified atom stereocenters. The summed E-state index contributed by atoms with van der Waals surface area (Å²) in [6, 6.07) is 6.29. The highest BCUT2D eigenvalue weighted by Crippen LogP contribution is 2.20. The highest BCUT2D eigenvalue weighted by molar-refractivity contribution is 8.00. The molecule has 5 nitrogen and oxygen atoms in total. The van der Waals surface area contributed by atoms with Crippen molar-refractivity contribution in [1.29, 1.82) is 0 Å². The van der Waals surface area contributed by atoms with Gasteiger partial charge in [-0.25, -0.2) is 4.79 Å². The monoisotopic (exact) mass is 294 g/mol. The van der Waals surface area contributed by atoms with Crippen LogP contribution in [0.1, 0.15) is 23.2 Å². The zero-order chi connectivity index (χ0) is 14.4. The van der Waals surface area contributed by atoms with Gasteiger partial charge in [0.15, 0.2) is 0 Å². The Bertz CT molecular complexity index is 487. The number of benzene rings is 1. The van der Waals surface area contributed by atoms with Crippen LogP contribution >= 0.6 is 11.8 Å². The van der Waals surface area contributed by atoms with Gasteiger partial charge in [-0.2, -0.15) is 0 Å². The van der Waals surface area contributed by atoms with Gasteiger partial charge in [0.1, 0.15) is 0 Å². The third kappa shape index (κ3) is 4.54. The second-order valence-electron chi connectivity index (χ2n) is 4.69. The van der Waals surface area contributed by atoms with Gasteiger partial charge >= 0.3 is 5.97 Å². The molecule has 3 N–H and O–H groups in total. The average Bonchev–Trinajstić information content (AvgIpc) is 2.46. The Morgan fingerprint density at radius 3 is 2.80 bits per heavy atom. The van der Waals surface area contributed by atoms with Crippen molar-refractivity contribution in [3.05, 3.63) is 29.8 Å². The fourth-order valence-electron chi connectivity index (χ4n) is 2.08. The first kappa shape index (κ1) is 14.9. The number of thioether (sulfide) groups is 1. The number of hydrogen-bond acceptors (Lipinski definition) is 4. The third-order valence-electron chi connectivity index (χ3n) is 3.13. The molecular formula is C14H18N2O3S. The van der Waals surface area contributed by atoms with E-state index >= 15 is 0 Å². The standard InChI is InChI=1S/C14H18N2O3S/c17-13(9-20-12-4-6-15-7-5-12)16-11-3-1-2-10(8-11)14(18)19/h1-3,8,12,15H,4-7,9H2,(H,16,17)(H,18,19).